The van der Waals surface area contributed by atoms with E-state index in [-0.39, 0.29) is 18.7 Å². The van der Waals surface area contributed by atoms with Crippen LogP contribution in [0.2, 0.25) is 0 Å². The van der Waals surface area contributed by atoms with Gasteiger partial charge in [0.1, 0.15) is 6.10 Å². The Morgan fingerprint density at radius 3 is 2.18 bits per heavy atom. The summed E-state index contributed by atoms with van der Waals surface area (Å²) in [6.45, 7) is 4.04. The van der Waals surface area contributed by atoms with Gasteiger partial charge in [-0.15, -0.1) is 0 Å². The first kappa shape index (κ1) is 16.4. The number of esters is 1. The van der Waals surface area contributed by atoms with Gasteiger partial charge < -0.3 is 9.84 Å². The molecule has 0 heterocycles. The van der Waals surface area contributed by atoms with E-state index in [1.807, 2.05) is 6.92 Å². The maximum atomic E-state index is 11.4. The van der Waals surface area contributed by atoms with E-state index in [9.17, 15) is 4.79 Å². The zero-order valence-corrected chi connectivity index (χ0v) is 11.4. The molecule has 1 unspecified atom stereocenters. The smallest absolute Gasteiger partial charge is 0.306 e. The van der Waals surface area contributed by atoms with Crippen LogP contribution in [0.25, 0.3) is 0 Å². The molecule has 102 valence electrons. The molecule has 0 rings (SSSR count). The largest absolute Gasteiger partial charge is 0.460 e. The molecular weight excluding hydrogens is 216 g/mol. The predicted octanol–water partition coefficient (Wildman–Crippen LogP) is 3.44. The van der Waals surface area contributed by atoms with Crippen molar-refractivity contribution in [2.24, 2.45) is 0 Å². The minimum Gasteiger partial charge on any atom is -0.460 e. The van der Waals surface area contributed by atoms with E-state index in [2.05, 4.69) is 6.92 Å². The predicted molar refractivity (Wildman–Crippen MR) is 69.9 cm³/mol. The fourth-order valence-electron chi connectivity index (χ4n) is 1.72. The summed E-state index contributed by atoms with van der Waals surface area (Å²) in [6.07, 6.45) is 9.26. The number of hydrogen-bond donors (Lipinski definition) is 1. The van der Waals surface area contributed by atoms with E-state index >= 15 is 0 Å². The zero-order chi connectivity index (χ0) is 12.9. The summed E-state index contributed by atoms with van der Waals surface area (Å²) in [5, 5.41) is 8.89. The molecule has 0 amide bonds. The number of ether oxygens (including phenoxy) is 1. The molecule has 0 aromatic carbocycles. The van der Waals surface area contributed by atoms with Gasteiger partial charge in [-0.25, -0.2) is 0 Å². The van der Waals surface area contributed by atoms with Crippen LogP contribution in [0, 0.1) is 0 Å². The molecular formula is C14H28O3. The lowest BCUT2D eigenvalue weighted by molar-refractivity contribution is -0.151. The van der Waals surface area contributed by atoms with Gasteiger partial charge in [0.2, 0.25) is 0 Å². The van der Waals surface area contributed by atoms with Gasteiger partial charge in [0.15, 0.2) is 0 Å². The number of carbonyl (C=O) groups excluding carboxylic acids is 1. The molecule has 0 saturated heterocycles. The molecule has 1 N–H and O–H groups in total. The highest BCUT2D eigenvalue weighted by Gasteiger charge is 2.10. The normalized spacial score (nSPS) is 12.4. The lowest BCUT2D eigenvalue weighted by Crippen LogP contribution is -2.20. The van der Waals surface area contributed by atoms with E-state index < -0.39 is 0 Å². The summed E-state index contributed by atoms with van der Waals surface area (Å²) >= 11 is 0. The Morgan fingerprint density at radius 2 is 1.65 bits per heavy atom. The van der Waals surface area contributed by atoms with E-state index in [0.717, 1.165) is 12.8 Å². The molecule has 3 heteroatoms. The summed E-state index contributed by atoms with van der Waals surface area (Å²) in [5.41, 5.74) is 0. The van der Waals surface area contributed by atoms with Gasteiger partial charge in [-0.3, -0.25) is 4.79 Å². The monoisotopic (exact) mass is 244 g/mol. The van der Waals surface area contributed by atoms with Crippen LogP contribution in [0.3, 0.4) is 0 Å². The minimum atomic E-state index is -0.313. The Bertz CT molecular complexity index is 176. The highest BCUT2D eigenvalue weighted by Crippen LogP contribution is 2.09. The van der Waals surface area contributed by atoms with Crippen molar-refractivity contribution in [2.45, 2.75) is 77.7 Å². The van der Waals surface area contributed by atoms with Gasteiger partial charge in [0.25, 0.3) is 0 Å². The van der Waals surface area contributed by atoms with Crippen LogP contribution in [0.1, 0.15) is 71.6 Å². The van der Waals surface area contributed by atoms with Crippen molar-refractivity contribution in [3.63, 3.8) is 0 Å². The van der Waals surface area contributed by atoms with Crippen molar-refractivity contribution in [3.8, 4) is 0 Å². The Labute approximate surface area is 106 Å². The van der Waals surface area contributed by atoms with Gasteiger partial charge in [-0.1, -0.05) is 52.4 Å². The van der Waals surface area contributed by atoms with E-state index in [1.165, 1.54) is 32.1 Å². The molecule has 17 heavy (non-hydrogen) atoms. The van der Waals surface area contributed by atoms with Crippen LogP contribution in [0.5, 0.6) is 0 Å². The average Bonchev–Trinajstić information content (AvgIpc) is 2.34. The molecule has 0 aliphatic carbocycles. The Balaban J connectivity index is 3.33. The quantitative estimate of drug-likeness (QED) is 0.447. The first-order chi connectivity index (χ1) is 8.24. The fraction of sp³-hybridized carbons (Fsp3) is 0.929. The summed E-state index contributed by atoms with van der Waals surface area (Å²) in [7, 11) is 0. The number of hydrogen-bond acceptors (Lipinski definition) is 3. The van der Waals surface area contributed by atoms with Crippen molar-refractivity contribution in [1.82, 2.24) is 0 Å². The first-order valence-corrected chi connectivity index (χ1v) is 7.04. The molecule has 0 fully saturated rings. The van der Waals surface area contributed by atoms with Crippen molar-refractivity contribution >= 4 is 5.97 Å². The topological polar surface area (TPSA) is 46.5 Å². The highest BCUT2D eigenvalue weighted by atomic mass is 16.5. The van der Waals surface area contributed by atoms with Crippen molar-refractivity contribution in [2.75, 3.05) is 6.61 Å². The third-order valence-corrected chi connectivity index (χ3v) is 2.94. The number of rotatable bonds is 11. The fourth-order valence-corrected chi connectivity index (χ4v) is 1.72. The second-order valence-corrected chi connectivity index (χ2v) is 4.57. The minimum absolute atomic E-state index is 0.0702. The van der Waals surface area contributed by atoms with Crippen LogP contribution < -0.4 is 0 Å². The molecule has 1 atom stereocenters. The standard InChI is InChI=1S/C14H28O3/c1-3-5-6-7-8-9-10-11-14(16)17-13(4-2)12-15/h13,15H,3-12H2,1-2H3. The van der Waals surface area contributed by atoms with Gasteiger partial charge in [0, 0.05) is 6.42 Å². The molecule has 3 nitrogen and oxygen atoms in total. The third-order valence-electron chi connectivity index (χ3n) is 2.94. The summed E-state index contributed by atoms with van der Waals surface area (Å²) in [6, 6.07) is 0. The zero-order valence-electron chi connectivity index (χ0n) is 11.4. The van der Waals surface area contributed by atoms with Crippen LogP contribution in [0.15, 0.2) is 0 Å². The highest BCUT2D eigenvalue weighted by molar-refractivity contribution is 5.69. The molecule has 0 aliphatic heterocycles. The molecule has 0 aromatic rings. The van der Waals surface area contributed by atoms with Crippen LogP contribution >= 0.6 is 0 Å². The van der Waals surface area contributed by atoms with E-state index in [0.29, 0.717) is 12.8 Å². The Kier molecular flexibility index (Phi) is 11.5. The lowest BCUT2D eigenvalue weighted by atomic mass is 10.1. The van der Waals surface area contributed by atoms with E-state index in [1.54, 1.807) is 0 Å². The third kappa shape index (κ3) is 10.3. The molecule has 0 bridgehead atoms. The number of carbonyl (C=O) groups is 1. The van der Waals surface area contributed by atoms with Crippen molar-refractivity contribution in [3.05, 3.63) is 0 Å². The summed E-state index contributed by atoms with van der Waals surface area (Å²) in [5.74, 6) is -0.167. The second kappa shape index (κ2) is 11.9. The Hall–Kier alpha value is -0.570. The molecule has 0 aromatic heterocycles. The van der Waals surface area contributed by atoms with Crippen LogP contribution in [-0.4, -0.2) is 23.8 Å². The van der Waals surface area contributed by atoms with E-state index in [4.69, 9.17) is 9.84 Å². The lowest BCUT2D eigenvalue weighted by Gasteiger charge is -2.12. The second-order valence-electron chi connectivity index (χ2n) is 4.57. The molecule has 0 spiro atoms. The van der Waals surface area contributed by atoms with Crippen molar-refractivity contribution < 1.29 is 14.6 Å². The Morgan fingerprint density at radius 1 is 1.06 bits per heavy atom. The molecule has 0 aliphatic rings. The maximum Gasteiger partial charge on any atom is 0.306 e. The number of aliphatic hydroxyl groups excluding tert-OH is 1. The van der Waals surface area contributed by atoms with Crippen LogP contribution in [-0.2, 0) is 9.53 Å². The number of aliphatic hydroxyl groups is 1. The van der Waals surface area contributed by atoms with Gasteiger partial charge in [0.05, 0.1) is 6.61 Å². The average molecular weight is 244 g/mol. The maximum absolute atomic E-state index is 11.4. The summed E-state index contributed by atoms with van der Waals surface area (Å²) in [4.78, 5) is 11.4. The molecule has 0 saturated carbocycles. The van der Waals surface area contributed by atoms with Gasteiger partial charge >= 0.3 is 5.97 Å². The van der Waals surface area contributed by atoms with Gasteiger partial charge in [-0.2, -0.15) is 0 Å². The first-order valence-electron chi connectivity index (χ1n) is 7.04. The van der Waals surface area contributed by atoms with Crippen molar-refractivity contribution in [1.29, 1.82) is 0 Å². The SMILES string of the molecule is CCCCCCCCCC(=O)OC(CC)CO. The van der Waals surface area contributed by atoms with Gasteiger partial charge in [-0.05, 0) is 12.8 Å². The molecule has 0 radical (unpaired) electrons. The summed E-state index contributed by atoms with van der Waals surface area (Å²) < 4.78 is 5.10. The van der Waals surface area contributed by atoms with Crippen LogP contribution in [0.4, 0.5) is 0 Å². The number of unbranched alkanes of at least 4 members (excludes halogenated alkanes) is 6.